The predicted octanol–water partition coefficient (Wildman–Crippen LogP) is 1.77. The van der Waals surface area contributed by atoms with Crippen molar-refractivity contribution >= 4 is 21.8 Å². The van der Waals surface area contributed by atoms with Crippen LogP contribution >= 0.6 is 0 Å². The van der Waals surface area contributed by atoms with Crippen LogP contribution in [-0.4, -0.2) is 49.5 Å². The van der Waals surface area contributed by atoms with Gasteiger partial charge in [-0.3, -0.25) is 9.79 Å². The highest BCUT2D eigenvalue weighted by molar-refractivity contribution is 7.92. The minimum atomic E-state index is -4.79. The first kappa shape index (κ1) is 19.4. The molecule has 27 heavy (non-hydrogen) atoms. The van der Waals surface area contributed by atoms with Gasteiger partial charge >= 0.3 is 6.36 Å². The van der Waals surface area contributed by atoms with Gasteiger partial charge in [0.25, 0.3) is 5.91 Å². The van der Waals surface area contributed by atoms with Gasteiger partial charge < -0.3 is 10.1 Å². The first-order chi connectivity index (χ1) is 12.5. The molecule has 0 aromatic heterocycles. The number of aliphatic imine (C=N–C) groups is 1. The summed E-state index contributed by atoms with van der Waals surface area (Å²) >= 11 is 0. The summed E-state index contributed by atoms with van der Waals surface area (Å²) in [6.07, 6.45) is -4.39. The second-order valence-electron chi connectivity index (χ2n) is 6.13. The maximum atomic E-state index is 12.4. The summed E-state index contributed by atoms with van der Waals surface area (Å²) in [4.78, 5) is 16.9. The van der Waals surface area contributed by atoms with Crippen molar-refractivity contribution in [2.24, 2.45) is 4.99 Å². The molecule has 0 unspecified atom stereocenters. The predicted molar refractivity (Wildman–Crippen MR) is 90.5 cm³/mol. The lowest BCUT2D eigenvalue weighted by Gasteiger charge is -2.33. The highest BCUT2D eigenvalue weighted by atomic mass is 32.2. The van der Waals surface area contributed by atoms with E-state index in [-0.39, 0.29) is 43.4 Å². The van der Waals surface area contributed by atoms with E-state index in [1.807, 2.05) is 0 Å². The number of amides is 1. The van der Waals surface area contributed by atoms with Gasteiger partial charge in [0.2, 0.25) is 10.0 Å². The third kappa shape index (κ3) is 3.98. The van der Waals surface area contributed by atoms with Crippen LogP contribution in [0, 0.1) is 0 Å². The van der Waals surface area contributed by atoms with E-state index in [4.69, 9.17) is 0 Å². The van der Waals surface area contributed by atoms with E-state index >= 15 is 0 Å². The van der Waals surface area contributed by atoms with Crippen LogP contribution in [0.1, 0.15) is 18.4 Å². The number of nitrogens with one attached hydrogen (secondary N) is 1. The van der Waals surface area contributed by atoms with Crippen molar-refractivity contribution in [3.8, 4) is 5.75 Å². The van der Waals surface area contributed by atoms with Gasteiger partial charge in [0.1, 0.15) is 17.1 Å². The summed E-state index contributed by atoms with van der Waals surface area (Å²) < 4.78 is 65.4. The van der Waals surface area contributed by atoms with Gasteiger partial charge in [0.15, 0.2) is 0 Å². The minimum Gasteiger partial charge on any atom is -0.406 e. The zero-order chi connectivity index (χ0) is 19.9. The van der Waals surface area contributed by atoms with Gasteiger partial charge in [-0.05, 0) is 37.1 Å². The number of hydrogen-bond acceptors (Lipinski definition) is 5. The molecule has 2 aliphatic heterocycles. The van der Waals surface area contributed by atoms with Crippen LogP contribution in [0.2, 0.25) is 0 Å². The SMILES string of the molecule is C=CS(=O)(=O)N1CCC2(CC1)N=C(c1ccc(OC(F)(F)F)cc1)NC2=O. The molecule has 2 heterocycles. The molecule has 7 nitrogen and oxygen atoms in total. The first-order valence-electron chi connectivity index (χ1n) is 7.95. The number of hydrogen-bond donors (Lipinski definition) is 1. The van der Waals surface area contributed by atoms with Gasteiger partial charge in [0, 0.05) is 24.1 Å². The minimum absolute atomic E-state index is 0.122. The fourth-order valence-electron chi connectivity index (χ4n) is 3.02. The average Bonchev–Trinajstić information content (AvgIpc) is 2.91. The number of sulfonamides is 1. The number of carbonyl (C=O) groups is 1. The molecule has 1 spiro atoms. The van der Waals surface area contributed by atoms with Gasteiger partial charge in [-0.15, -0.1) is 13.2 Å². The number of piperidine rings is 1. The van der Waals surface area contributed by atoms with Crippen molar-refractivity contribution in [3.63, 3.8) is 0 Å². The van der Waals surface area contributed by atoms with E-state index in [2.05, 4.69) is 21.6 Å². The van der Waals surface area contributed by atoms with E-state index in [1.54, 1.807) is 0 Å². The molecule has 1 aromatic carbocycles. The lowest BCUT2D eigenvalue weighted by atomic mass is 9.89. The fourth-order valence-corrected chi connectivity index (χ4v) is 3.93. The highest BCUT2D eigenvalue weighted by Gasteiger charge is 2.47. The zero-order valence-electron chi connectivity index (χ0n) is 14.0. The number of nitrogens with zero attached hydrogens (tertiary/aromatic N) is 2. The fraction of sp³-hybridized carbons (Fsp3) is 0.375. The van der Waals surface area contributed by atoms with Crippen LogP contribution in [0.5, 0.6) is 5.75 Å². The van der Waals surface area contributed by atoms with Crippen molar-refractivity contribution < 1.29 is 31.1 Å². The smallest absolute Gasteiger partial charge is 0.406 e. The Morgan fingerprint density at radius 1 is 1.22 bits per heavy atom. The molecule has 1 N–H and O–H groups in total. The molecule has 11 heteroatoms. The Hall–Kier alpha value is -2.40. The monoisotopic (exact) mass is 403 g/mol. The molecule has 0 atom stereocenters. The van der Waals surface area contributed by atoms with Crippen LogP contribution in [-0.2, 0) is 14.8 Å². The molecule has 0 radical (unpaired) electrons. The summed E-state index contributed by atoms with van der Waals surface area (Å²) in [7, 11) is -3.56. The maximum Gasteiger partial charge on any atom is 0.573 e. The van der Waals surface area contributed by atoms with Crippen molar-refractivity contribution in [2.45, 2.75) is 24.7 Å². The van der Waals surface area contributed by atoms with Crippen LogP contribution in [0.3, 0.4) is 0 Å². The number of ether oxygens (including phenoxy) is 1. The van der Waals surface area contributed by atoms with Crippen LogP contribution in [0.4, 0.5) is 13.2 Å². The van der Waals surface area contributed by atoms with E-state index < -0.39 is 21.9 Å². The molecule has 1 fully saturated rings. The first-order valence-corrected chi connectivity index (χ1v) is 9.45. The number of carbonyl (C=O) groups excluding carboxylic acids is 1. The summed E-state index contributed by atoms with van der Waals surface area (Å²) in [5.74, 6) is -0.504. The average molecular weight is 403 g/mol. The number of halogens is 3. The molecule has 0 bridgehead atoms. The molecule has 146 valence electrons. The van der Waals surface area contributed by atoms with Crippen molar-refractivity contribution in [1.29, 1.82) is 0 Å². The third-order valence-corrected chi connectivity index (χ3v) is 5.97. The molecule has 1 aromatic rings. The summed E-state index contributed by atoms with van der Waals surface area (Å²) in [6.45, 7) is 3.52. The Labute approximate surface area is 153 Å². The summed E-state index contributed by atoms with van der Waals surface area (Å²) in [6, 6.07) is 4.97. The van der Waals surface area contributed by atoms with Gasteiger partial charge in [0.05, 0.1) is 0 Å². The normalized spacial score (nSPS) is 20.3. The van der Waals surface area contributed by atoms with Gasteiger partial charge in [-0.2, -0.15) is 4.31 Å². The van der Waals surface area contributed by atoms with E-state index in [1.165, 1.54) is 16.4 Å². The van der Waals surface area contributed by atoms with E-state index in [0.717, 1.165) is 17.5 Å². The van der Waals surface area contributed by atoms with E-state index in [9.17, 15) is 26.4 Å². The lowest BCUT2D eigenvalue weighted by Crippen LogP contribution is -2.50. The topological polar surface area (TPSA) is 88.1 Å². The van der Waals surface area contributed by atoms with Crippen molar-refractivity contribution in [1.82, 2.24) is 9.62 Å². The zero-order valence-corrected chi connectivity index (χ0v) is 14.8. The van der Waals surface area contributed by atoms with Gasteiger partial charge in [-0.1, -0.05) is 6.58 Å². The molecule has 0 saturated carbocycles. The molecule has 1 saturated heterocycles. The Morgan fingerprint density at radius 2 is 1.81 bits per heavy atom. The summed E-state index contributed by atoms with van der Waals surface area (Å²) in [5.41, 5.74) is -0.653. The quantitative estimate of drug-likeness (QED) is 0.830. The van der Waals surface area contributed by atoms with Crippen LogP contribution in [0.15, 0.2) is 41.2 Å². The Balaban J connectivity index is 1.76. The number of benzene rings is 1. The molecule has 0 aliphatic carbocycles. The molecule has 1 amide bonds. The Bertz CT molecular complexity index is 886. The molecular formula is C16H16F3N3O4S. The number of rotatable bonds is 4. The second kappa shape index (κ2) is 6.64. The Kier molecular flexibility index (Phi) is 4.76. The third-order valence-electron chi connectivity index (χ3n) is 4.46. The molecule has 3 rings (SSSR count). The highest BCUT2D eigenvalue weighted by Crippen LogP contribution is 2.32. The summed E-state index contributed by atoms with van der Waals surface area (Å²) in [5, 5.41) is 3.49. The standard InChI is InChI=1S/C16H16F3N3O4S/c1-2-27(24,25)22-9-7-15(8-10-22)14(23)20-13(21-15)11-3-5-12(6-4-11)26-16(17,18)19/h2-6H,1,7-10H2,(H,20,21,23). The Morgan fingerprint density at radius 3 is 2.33 bits per heavy atom. The maximum absolute atomic E-state index is 12.4. The number of amidine groups is 1. The largest absolute Gasteiger partial charge is 0.573 e. The lowest BCUT2D eigenvalue weighted by molar-refractivity contribution is -0.274. The molecular weight excluding hydrogens is 387 g/mol. The van der Waals surface area contributed by atoms with Crippen molar-refractivity contribution in [2.75, 3.05) is 13.1 Å². The van der Waals surface area contributed by atoms with E-state index in [0.29, 0.717) is 5.56 Å². The molecule has 2 aliphatic rings. The van der Waals surface area contributed by atoms with Crippen LogP contribution < -0.4 is 10.1 Å². The second-order valence-corrected chi connectivity index (χ2v) is 8.01. The van der Waals surface area contributed by atoms with Crippen LogP contribution in [0.25, 0.3) is 0 Å². The van der Waals surface area contributed by atoms with Crippen molar-refractivity contribution in [3.05, 3.63) is 41.8 Å². The van der Waals surface area contributed by atoms with Gasteiger partial charge in [-0.25, -0.2) is 8.42 Å². The number of alkyl halides is 3.